The number of nitrogens with one attached hydrogen (secondary N) is 1. The lowest BCUT2D eigenvalue weighted by Gasteiger charge is -2.13. The van der Waals surface area contributed by atoms with E-state index in [1.807, 2.05) is 0 Å². The summed E-state index contributed by atoms with van der Waals surface area (Å²) in [6.45, 7) is 0.794. The van der Waals surface area contributed by atoms with Gasteiger partial charge in [-0.1, -0.05) is 15.9 Å². The molecule has 0 spiro atoms. The third-order valence-electron chi connectivity index (χ3n) is 3.17. The Balaban J connectivity index is 2.18. The van der Waals surface area contributed by atoms with Gasteiger partial charge in [-0.25, -0.2) is 0 Å². The molecule has 0 unspecified atom stereocenters. The minimum absolute atomic E-state index is 0.0965. The molecule has 2 aromatic carbocycles. The van der Waals surface area contributed by atoms with Gasteiger partial charge in [-0.2, -0.15) is 0 Å². The summed E-state index contributed by atoms with van der Waals surface area (Å²) in [5, 5.41) is 12.5. The van der Waals surface area contributed by atoms with Crippen LogP contribution >= 0.6 is 15.9 Å². The van der Waals surface area contributed by atoms with Crippen molar-refractivity contribution in [3.63, 3.8) is 0 Å². The average molecular weight is 396 g/mol. The summed E-state index contributed by atoms with van der Waals surface area (Å²) >= 11 is 3.28. The molecule has 0 saturated carbocycles. The van der Waals surface area contributed by atoms with Crippen molar-refractivity contribution in [1.82, 2.24) is 0 Å². The summed E-state index contributed by atoms with van der Waals surface area (Å²) in [7, 11) is 3.12. The second-order valence-electron chi connectivity index (χ2n) is 4.82. The molecule has 7 heteroatoms. The number of amides is 1. The van der Waals surface area contributed by atoms with Gasteiger partial charge in [-0.3, -0.25) is 4.79 Å². The van der Waals surface area contributed by atoms with Crippen LogP contribution in [0.15, 0.2) is 40.9 Å². The Morgan fingerprint density at radius 1 is 1.12 bits per heavy atom. The molecule has 128 valence electrons. The first-order valence-electron chi connectivity index (χ1n) is 7.14. The zero-order valence-electron chi connectivity index (χ0n) is 13.3. The van der Waals surface area contributed by atoms with Crippen molar-refractivity contribution in [3.8, 4) is 17.2 Å². The van der Waals surface area contributed by atoms with Crippen molar-refractivity contribution < 1.29 is 24.1 Å². The quantitative estimate of drug-likeness (QED) is 0.702. The number of ether oxygens (including phenoxy) is 3. The van der Waals surface area contributed by atoms with E-state index in [0.29, 0.717) is 34.9 Å². The molecular weight excluding hydrogens is 378 g/mol. The Kier molecular flexibility index (Phi) is 6.45. The fourth-order valence-electron chi connectivity index (χ4n) is 1.99. The summed E-state index contributed by atoms with van der Waals surface area (Å²) in [5.41, 5.74) is 0.689. The number of carbonyl (C=O) groups excluding carboxylic acids is 1. The van der Waals surface area contributed by atoms with Crippen LogP contribution in [0.25, 0.3) is 0 Å². The third-order valence-corrected chi connectivity index (χ3v) is 3.66. The number of anilines is 1. The molecule has 0 heterocycles. The molecule has 2 rings (SSSR count). The first-order chi connectivity index (χ1) is 11.5. The SMILES string of the molecule is COCCOc1cc(NC(=O)c2cc(Br)ccc2O)ccc1OC. The zero-order valence-corrected chi connectivity index (χ0v) is 14.9. The minimum atomic E-state index is -0.429. The number of hydrogen-bond acceptors (Lipinski definition) is 5. The lowest BCUT2D eigenvalue weighted by molar-refractivity contribution is 0.102. The second-order valence-corrected chi connectivity index (χ2v) is 5.74. The van der Waals surface area contributed by atoms with Crippen LogP contribution in [0.4, 0.5) is 5.69 Å². The molecule has 0 fully saturated rings. The van der Waals surface area contributed by atoms with Gasteiger partial charge in [-0.15, -0.1) is 0 Å². The van der Waals surface area contributed by atoms with Crippen LogP contribution in [0.3, 0.4) is 0 Å². The van der Waals surface area contributed by atoms with Gasteiger partial charge in [0.05, 0.1) is 19.3 Å². The Bertz CT molecular complexity index is 720. The minimum Gasteiger partial charge on any atom is -0.507 e. The van der Waals surface area contributed by atoms with E-state index in [2.05, 4.69) is 21.2 Å². The van der Waals surface area contributed by atoms with E-state index >= 15 is 0 Å². The van der Waals surface area contributed by atoms with E-state index in [-0.39, 0.29) is 11.3 Å². The Morgan fingerprint density at radius 2 is 1.92 bits per heavy atom. The highest BCUT2D eigenvalue weighted by Gasteiger charge is 2.13. The van der Waals surface area contributed by atoms with Crippen LogP contribution in [0, 0.1) is 0 Å². The smallest absolute Gasteiger partial charge is 0.259 e. The Hall–Kier alpha value is -2.25. The van der Waals surface area contributed by atoms with Crippen molar-refractivity contribution in [2.45, 2.75) is 0 Å². The third kappa shape index (κ3) is 4.62. The predicted octanol–water partition coefficient (Wildman–Crippen LogP) is 3.44. The van der Waals surface area contributed by atoms with Crippen LogP contribution in [-0.4, -0.2) is 38.4 Å². The van der Waals surface area contributed by atoms with Crippen molar-refractivity contribution in [3.05, 3.63) is 46.4 Å². The monoisotopic (exact) mass is 395 g/mol. The number of methoxy groups -OCH3 is 2. The maximum atomic E-state index is 12.3. The van der Waals surface area contributed by atoms with Crippen molar-refractivity contribution >= 4 is 27.5 Å². The highest BCUT2D eigenvalue weighted by atomic mass is 79.9. The Morgan fingerprint density at radius 3 is 2.62 bits per heavy atom. The number of phenolic OH excluding ortho intramolecular Hbond substituents is 1. The number of halogens is 1. The van der Waals surface area contributed by atoms with Crippen LogP contribution in [0.1, 0.15) is 10.4 Å². The van der Waals surface area contributed by atoms with Gasteiger partial charge in [0.1, 0.15) is 12.4 Å². The average Bonchev–Trinajstić information content (AvgIpc) is 2.57. The van der Waals surface area contributed by atoms with Crippen molar-refractivity contribution in [2.75, 3.05) is 32.8 Å². The summed E-state index contributed by atoms with van der Waals surface area (Å²) < 4.78 is 16.5. The maximum absolute atomic E-state index is 12.3. The van der Waals surface area contributed by atoms with Crippen LogP contribution in [0.2, 0.25) is 0 Å². The van der Waals surface area contributed by atoms with Gasteiger partial charge in [0, 0.05) is 23.3 Å². The van der Waals surface area contributed by atoms with E-state index < -0.39 is 5.91 Å². The Labute approximate surface area is 148 Å². The predicted molar refractivity (Wildman–Crippen MR) is 94.1 cm³/mol. The van der Waals surface area contributed by atoms with Crippen LogP contribution < -0.4 is 14.8 Å². The topological polar surface area (TPSA) is 77.0 Å². The van der Waals surface area contributed by atoms with E-state index in [9.17, 15) is 9.90 Å². The molecule has 0 aliphatic heterocycles. The van der Waals surface area contributed by atoms with E-state index in [1.165, 1.54) is 13.2 Å². The number of aromatic hydroxyl groups is 1. The zero-order chi connectivity index (χ0) is 17.5. The fourth-order valence-corrected chi connectivity index (χ4v) is 2.35. The number of rotatable bonds is 7. The fraction of sp³-hybridized carbons (Fsp3) is 0.235. The summed E-state index contributed by atoms with van der Waals surface area (Å²) in [6.07, 6.45) is 0. The largest absolute Gasteiger partial charge is 0.507 e. The molecule has 24 heavy (non-hydrogen) atoms. The standard InChI is InChI=1S/C17H18BrNO5/c1-22-7-8-24-16-10-12(4-6-15(16)23-2)19-17(21)13-9-11(18)3-5-14(13)20/h3-6,9-10,20H,7-8H2,1-2H3,(H,19,21). The molecule has 2 N–H and O–H groups in total. The van der Waals surface area contributed by atoms with Crippen molar-refractivity contribution in [1.29, 1.82) is 0 Å². The van der Waals surface area contributed by atoms with Crippen molar-refractivity contribution in [2.24, 2.45) is 0 Å². The molecule has 6 nitrogen and oxygen atoms in total. The summed E-state index contributed by atoms with van der Waals surface area (Å²) in [4.78, 5) is 12.3. The summed E-state index contributed by atoms with van der Waals surface area (Å²) in [6, 6.07) is 9.69. The summed E-state index contributed by atoms with van der Waals surface area (Å²) in [5.74, 6) is 0.516. The molecule has 0 atom stereocenters. The van der Waals surface area contributed by atoms with Gasteiger partial charge in [-0.05, 0) is 30.3 Å². The molecule has 1 amide bonds. The van der Waals surface area contributed by atoms with E-state index in [0.717, 1.165) is 0 Å². The number of phenols is 1. The lowest BCUT2D eigenvalue weighted by Crippen LogP contribution is -2.12. The van der Waals surface area contributed by atoms with Gasteiger partial charge >= 0.3 is 0 Å². The van der Waals surface area contributed by atoms with Gasteiger partial charge in [0.25, 0.3) is 5.91 Å². The lowest BCUT2D eigenvalue weighted by atomic mass is 10.2. The van der Waals surface area contributed by atoms with Gasteiger partial charge in [0.15, 0.2) is 11.5 Å². The highest BCUT2D eigenvalue weighted by Crippen LogP contribution is 2.31. The number of carbonyl (C=O) groups is 1. The molecule has 0 saturated heterocycles. The second kappa shape index (κ2) is 8.56. The molecule has 0 radical (unpaired) electrons. The van der Waals surface area contributed by atoms with Crippen LogP contribution in [0.5, 0.6) is 17.2 Å². The van der Waals surface area contributed by atoms with E-state index in [1.54, 1.807) is 37.4 Å². The molecule has 2 aromatic rings. The number of hydrogen-bond donors (Lipinski definition) is 2. The van der Waals surface area contributed by atoms with E-state index in [4.69, 9.17) is 14.2 Å². The number of benzene rings is 2. The molecule has 0 aromatic heterocycles. The van der Waals surface area contributed by atoms with Gasteiger partial charge in [0.2, 0.25) is 0 Å². The normalized spacial score (nSPS) is 10.3. The first-order valence-corrected chi connectivity index (χ1v) is 7.94. The van der Waals surface area contributed by atoms with Gasteiger partial charge < -0.3 is 24.6 Å². The molecule has 0 aliphatic carbocycles. The van der Waals surface area contributed by atoms with Crippen LogP contribution in [-0.2, 0) is 4.74 Å². The molecule has 0 aliphatic rings. The highest BCUT2D eigenvalue weighted by molar-refractivity contribution is 9.10. The maximum Gasteiger partial charge on any atom is 0.259 e. The molecule has 0 bridgehead atoms. The first kappa shape index (κ1) is 18.1. The molecular formula is C17H18BrNO5.